The summed E-state index contributed by atoms with van der Waals surface area (Å²) in [6.07, 6.45) is 5.41. The fourth-order valence-corrected chi connectivity index (χ4v) is 3.84. The zero-order chi connectivity index (χ0) is 14.4. The normalized spacial score (nSPS) is 32.7. The first kappa shape index (κ1) is 16.3. The van der Waals surface area contributed by atoms with Crippen LogP contribution in [0.5, 0.6) is 0 Å². The number of hydrogen-bond donors (Lipinski definition) is 1. The molecule has 2 atom stereocenters. The molecule has 0 spiro atoms. The summed E-state index contributed by atoms with van der Waals surface area (Å²) in [5.74, 6) is 1.78. The molecule has 2 fully saturated rings. The Kier molecular flexibility index (Phi) is 6.31. The molecule has 3 heteroatoms. The first-order chi connectivity index (χ1) is 9.65. The van der Waals surface area contributed by atoms with Crippen molar-refractivity contribution in [2.45, 2.75) is 46.5 Å². The smallest absolute Gasteiger partial charge is 0.0547 e. The SMILES string of the molecule is CCNCC1(CN2CCCC(C(C)C)CC2)CCOC1. The number of rotatable bonds is 6. The molecule has 0 aliphatic carbocycles. The first-order valence-electron chi connectivity index (χ1n) is 8.66. The van der Waals surface area contributed by atoms with Gasteiger partial charge in [-0.05, 0) is 57.2 Å². The van der Waals surface area contributed by atoms with Gasteiger partial charge in [0.15, 0.2) is 0 Å². The van der Waals surface area contributed by atoms with Crippen LogP contribution in [0, 0.1) is 17.3 Å². The summed E-state index contributed by atoms with van der Waals surface area (Å²) in [6.45, 7) is 14.9. The topological polar surface area (TPSA) is 24.5 Å². The number of nitrogens with one attached hydrogen (secondary N) is 1. The summed E-state index contributed by atoms with van der Waals surface area (Å²) in [5.41, 5.74) is 0.369. The minimum atomic E-state index is 0.369. The van der Waals surface area contributed by atoms with E-state index in [0.717, 1.165) is 38.1 Å². The largest absolute Gasteiger partial charge is 0.381 e. The van der Waals surface area contributed by atoms with Gasteiger partial charge in [0.2, 0.25) is 0 Å². The standard InChI is InChI=1S/C17H34N2O/c1-4-18-12-17(8-11-20-14-17)13-19-9-5-6-16(7-10-19)15(2)3/h15-16,18H,4-14H2,1-3H3. The molecule has 0 aromatic heterocycles. The van der Waals surface area contributed by atoms with Gasteiger partial charge in [-0.2, -0.15) is 0 Å². The predicted molar refractivity (Wildman–Crippen MR) is 85.0 cm³/mol. The molecule has 0 radical (unpaired) electrons. The molecule has 0 saturated carbocycles. The molecule has 2 aliphatic heterocycles. The Morgan fingerprint density at radius 2 is 2.15 bits per heavy atom. The maximum atomic E-state index is 5.72. The van der Waals surface area contributed by atoms with Crippen LogP contribution in [0.15, 0.2) is 0 Å². The molecule has 2 rings (SSSR count). The van der Waals surface area contributed by atoms with E-state index in [4.69, 9.17) is 4.74 Å². The fourth-order valence-electron chi connectivity index (χ4n) is 3.84. The molecular weight excluding hydrogens is 248 g/mol. The molecule has 0 aromatic rings. The Balaban J connectivity index is 1.87. The second kappa shape index (κ2) is 7.77. The van der Waals surface area contributed by atoms with Gasteiger partial charge in [0.1, 0.15) is 0 Å². The minimum Gasteiger partial charge on any atom is -0.381 e. The van der Waals surface area contributed by atoms with Crippen LogP contribution in [-0.4, -0.2) is 50.8 Å². The van der Waals surface area contributed by atoms with Crippen molar-refractivity contribution in [1.82, 2.24) is 10.2 Å². The third-order valence-electron chi connectivity index (χ3n) is 5.30. The summed E-state index contributed by atoms with van der Waals surface area (Å²) in [7, 11) is 0. The van der Waals surface area contributed by atoms with Crippen LogP contribution in [0.1, 0.15) is 46.5 Å². The Morgan fingerprint density at radius 3 is 2.80 bits per heavy atom. The second-order valence-corrected chi connectivity index (χ2v) is 7.29. The minimum absolute atomic E-state index is 0.369. The summed E-state index contributed by atoms with van der Waals surface area (Å²) in [6, 6.07) is 0. The third-order valence-corrected chi connectivity index (χ3v) is 5.30. The summed E-state index contributed by atoms with van der Waals surface area (Å²) in [4.78, 5) is 2.72. The van der Waals surface area contributed by atoms with Crippen molar-refractivity contribution in [3.8, 4) is 0 Å². The molecule has 3 nitrogen and oxygen atoms in total. The van der Waals surface area contributed by atoms with E-state index in [0.29, 0.717) is 5.41 Å². The maximum Gasteiger partial charge on any atom is 0.0547 e. The van der Waals surface area contributed by atoms with Gasteiger partial charge in [0.25, 0.3) is 0 Å². The Bertz CT molecular complexity index is 274. The van der Waals surface area contributed by atoms with Crippen LogP contribution in [-0.2, 0) is 4.74 Å². The molecule has 2 unspecified atom stereocenters. The molecule has 2 aliphatic rings. The Labute approximate surface area is 125 Å². The molecular formula is C17H34N2O. The van der Waals surface area contributed by atoms with E-state index in [9.17, 15) is 0 Å². The summed E-state index contributed by atoms with van der Waals surface area (Å²) in [5, 5.41) is 3.56. The van der Waals surface area contributed by atoms with E-state index in [1.54, 1.807) is 0 Å². The maximum absolute atomic E-state index is 5.72. The first-order valence-corrected chi connectivity index (χ1v) is 8.66. The van der Waals surface area contributed by atoms with Crippen LogP contribution >= 0.6 is 0 Å². The molecule has 0 bridgehead atoms. The van der Waals surface area contributed by atoms with Crippen molar-refractivity contribution in [1.29, 1.82) is 0 Å². The highest BCUT2D eigenvalue weighted by atomic mass is 16.5. The predicted octanol–water partition coefficient (Wildman–Crippen LogP) is 2.76. The number of nitrogens with zero attached hydrogens (tertiary/aromatic N) is 1. The lowest BCUT2D eigenvalue weighted by atomic mass is 9.86. The van der Waals surface area contributed by atoms with Crippen LogP contribution in [0.25, 0.3) is 0 Å². The fraction of sp³-hybridized carbons (Fsp3) is 1.00. The van der Waals surface area contributed by atoms with Gasteiger partial charge in [-0.25, -0.2) is 0 Å². The van der Waals surface area contributed by atoms with E-state index in [1.165, 1.54) is 45.3 Å². The van der Waals surface area contributed by atoms with Crippen molar-refractivity contribution >= 4 is 0 Å². The summed E-state index contributed by atoms with van der Waals surface area (Å²) >= 11 is 0. The van der Waals surface area contributed by atoms with E-state index in [-0.39, 0.29) is 0 Å². The van der Waals surface area contributed by atoms with Gasteiger partial charge in [-0.3, -0.25) is 0 Å². The Hall–Kier alpha value is -0.120. The van der Waals surface area contributed by atoms with Crippen LogP contribution in [0.3, 0.4) is 0 Å². The zero-order valence-electron chi connectivity index (χ0n) is 13.8. The molecule has 0 amide bonds. The average Bonchev–Trinajstić information content (AvgIpc) is 2.75. The quantitative estimate of drug-likeness (QED) is 0.811. The lowest BCUT2D eigenvalue weighted by molar-refractivity contribution is 0.109. The average molecular weight is 282 g/mol. The molecule has 118 valence electrons. The van der Waals surface area contributed by atoms with Gasteiger partial charge in [-0.1, -0.05) is 20.8 Å². The highest BCUT2D eigenvalue weighted by Crippen LogP contribution is 2.31. The van der Waals surface area contributed by atoms with Crippen LogP contribution in [0.2, 0.25) is 0 Å². The van der Waals surface area contributed by atoms with Gasteiger partial charge < -0.3 is 15.0 Å². The lowest BCUT2D eigenvalue weighted by Crippen LogP contribution is -2.45. The van der Waals surface area contributed by atoms with Gasteiger partial charge in [-0.15, -0.1) is 0 Å². The third kappa shape index (κ3) is 4.44. The monoisotopic (exact) mass is 282 g/mol. The number of hydrogen-bond acceptors (Lipinski definition) is 3. The second-order valence-electron chi connectivity index (χ2n) is 7.29. The molecule has 2 heterocycles. The molecule has 1 N–H and O–H groups in total. The van der Waals surface area contributed by atoms with Gasteiger partial charge in [0, 0.05) is 25.1 Å². The summed E-state index contributed by atoms with van der Waals surface area (Å²) < 4.78 is 5.72. The zero-order valence-corrected chi connectivity index (χ0v) is 13.8. The van der Waals surface area contributed by atoms with Crippen molar-refractivity contribution in [2.24, 2.45) is 17.3 Å². The van der Waals surface area contributed by atoms with E-state index in [1.807, 2.05) is 0 Å². The highest BCUT2D eigenvalue weighted by Gasteiger charge is 2.36. The molecule has 2 saturated heterocycles. The molecule has 20 heavy (non-hydrogen) atoms. The lowest BCUT2D eigenvalue weighted by Gasteiger charge is -2.34. The van der Waals surface area contributed by atoms with E-state index in [2.05, 4.69) is 31.0 Å². The van der Waals surface area contributed by atoms with Gasteiger partial charge in [0.05, 0.1) is 6.61 Å². The molecule has 0 aromatic carbocycles. The van der Waals surface area contributed by atoms with E-state index < -0.39 is 0 Å². The van der Waals surface area contributed by atoms with Crippen molar-refractivity contribution < 1.29 is 4.74 Å². The number of likely N-dealkylation sites (tertiary alicyclic amines) is 1. The van der Waals surface area contributed by atoms with E-state index >= 15 is 0 Å². The van der Waals surface area contributed by atoms with Crippen molar-refractivity contribution in [2.75, 3.05) is 45.9 Å². The van der Waals surface area contributed by atoms with Crippen LogP contribution < -0.4 is 5.32 Å². The highest BCUT2D eigenvalue weighted by molar-refractivity contribution is 4.89. The number of ether oxygens (including phenoxy) is 1. The Morgan fingerprint density at radius 1 is 1.30 bits per heavy atom. The van der Waals surface area contributed by atoms with Crippen molar-refractivity contribution in [3.05, 3.63) is 0 Å². The van der Waals surface area contributed by atoms with Crippen LogP contribution in [0.4, 0.5) is 0 Å². The van der Waals surface area contributed by atoms with Crippen molar-refractivity contribution in [3.63, 3.8) is 0 Å². The van der Waals surface area contributed by atoms with Gasteiger partial charge >= 0.3 is 0 Å².